The molecule has 0 aliphatic heterocycles. The summed E-state index contributed by atoms with van der Waals surface area (Å²) in [5.74, 6) is -1.08. The van der Waals surface area contributed by atoms with Gasteiger partial charge in [-0.1, -0.05) is 0 Å². The molecule has 0 rings (SSSR count). The number of aliphatic carboxylic acids is 1. The van der Waals surface area contributed by atoms with Crippen molar-refractivity contribution in [3.05, 3.63) is 0 Å². The van der Waals surface area contributed by atoms with Gasteiger partial charge in [0.25, 0.3) is 6.43 Å². The van der Waals surface area contributed by atoms with E-state index in [9.17, 15) is 18.4 Å². The highest BCUT2D eigenvalue weighted by atomic mass is 19.3. The van der Waals surface area contributed by atoms with Crippen LogP contribution in [0.4, 0.5) is 13.6 Å². The lowest BCUT2D eigenvalue weighted by molar-refractivity contribution is -0.137. The number of alkyl halides is 2. The van der Waals surface area contributed by atoms with E-state index in [4.69, 9.17) is 10.2 Å². The van der Waals surface area contributed by atoms with Crippen molar-refractivity contribution in [1.29, 1.82) is 0 Å². The molecule has 0 spiro atoms. The van der Waals surface area contributed by atoms with E-state index in [0.29, 0.717) is 0 Å². The summed E-state index contributed by atoms with van der Waals surface area (Å²) >= 11 is 0. The van der Waals surface area contributed by atoms with Crippen molar-refractivity contribution in [2.45, 2.75) is 12.8 Å². The van der Waals surface area contributed by atoms with Gasteiger partial charge < -0.3 is 20.0 Å². The Balaban J connectivity index is 4.32. The van der Waals surface area contributed by atoms with Crippen LogP contribution in [0.5, 0.6) is 0 Å². The number of hydrogen-bond acceptors (Lipinski definition) is 3. The molecule has 0 aliphatic carbocycles. The standard InChI is InChI=1S/C9H16F2N2O4/c1-12(3-2-8(15)16)9(17)13(4-5-14)6-7(10)11/h7,14H,2-6H2,1H3,(H,15,16). The van der Waals surface area contributed by atoms with Gasteiger partial charge in [-0.05, 0) is 0 Å². The van der Waals surface area contributed by atoms with Gasteiger partial charge in [0, 0.05) is 20.1 Å². The minimum absolute atomic E-state index is 0.0701. The topological polar surface area (TPSA) is 81.1 Å². The Morgan fingerprint density at radius 3 is 2.29 bits per heavy atom. The zero-order valence-electron chi connectivity index (χ0n) is 9.47. The zero-order valence-corrected chi connectivity index (χ0v) is 9.47. The number of urea groups is 1. The van der Waals surface area contributed by atoms with Crippen LogP contribution in [0.2, 0.25) is 0 Å². The molecule has 0 bridgehead atoms. The van der Waals surface area contributed by atoms with Crippen LogP contribution in [-0.2, 0) is 4.79 Å². The van der Waals surface area contributed by atoms with Crippen LogP contribution in [0.25, 0.3) is 0 Å². The van der Waals surface area contributed by atoms with Crippen molar-refractivity contribution in [2.75, 3.05) is 33.3 Å². The minimum atomic E-state index is -2.70. The molecule has 0 saturated carbocycles. The monoisotopic (exact) mass is 254 g/mol. The molecule has 0 aliphatic rings. The van der Waals surface area contributed by atoms with Crippen molar-refractivity contribution in [3.8, 4) is 0 Å². The molecule has 0 unspecified atom stereocenters. The Kier molecular flexibility index (Phi) is 7.11. The third kappa shape index (κ3) is 6.67. The fourth-order valence-corrected chi connectivity index (χ4v) is 1.15. The lowest BCUT2D eigenvalue weighted by atomic mass is 10.4. The highest BCUT2D eigenvalue weighted by Gasteiger charge is 2.21. The van der Waals surface area contributed by atoms with E-state index >= 15 is 0 Å². The molecule has 0 radical (unpaired) electrons. The molecule has 2 N–H and O–H groups in total. The molecule has 17 heavy (non-hydrogen) atoms. The Labute approximate surface area is 97.4 Å². The summed E-state index contributed by atoms with van der Waals surface area (Å²) in [5.41, 5.74) is 0. The number of aliphatic hydroxyl groups is 1. The number of carboxylic acid groups (broad SMARTS) is 1. The van der Waals surface area contributed by atoms with Gasteiger partial charge in [0.2, 0.25) is 0 Å². The molecule has 0 atom stereocenters. The van der Waals surface area contributed by atoms with Gasteiger partial charge in [-0.15, -0.1) is 0 Å². The summed E-state index contributed by atoms with van der Waals surface area (Å²) in [6, 6.07) is -0.722. The maximum absolute atomic E-state index is 12.2. The van der Waals surface area contributed by atoms with Crippen molar-refractivity contribution >= 4 is 12.0 Å². The van der Waals surface area contributed by atoms with Crippen molar-refractivity contribution in [3.63, 3.8) is 0 Å². The quantitative estimate of drug-likeness (QED) is 0.673. The van der Waals surface area contributed by atoms with Crippen LogP contribution in [0.1, 0.15) is 6.42 Å². The van der Waals surface area contributed by atoms with Crippen LogP contribution < -0.4 is 0 Å². The molecule has 100 valence electrons. The van der Waals surface area contributed by atoms with Gasteiger partial charge in [-0.2, -0.15) is 0 Å². The van der Waals surface area contributed by atoms with Crippen molar-refractivity contribution < 1.29 is 28.6 Å². The molecule has 0 aromatic carbocycles. The molecular weight excluding hydrogens is 238 g/mol. The number of nitrogens with zero attached hydrogens (tertiary/aromatic N) is 2. The Hall–Kier alpha value is -1.44. The lowest BCUT2D eigenvalue weighted by Gasteiger charge is -2.27. The molecule has 0 saturated heterocycles. The summed E-state index contributed by atoms with van der Waals surface area (Å²) in [6.45, 7) is -1.48. The maximum atomic E-state index is 12.2. The Morgan fingerprint density at radius 1 is 1.29 bits per heavy atom. The number of carbonyl (C=O) groups is 2. The number of carbonyl (C=O) groups excluding carboxylic acids is 1. The molecule has 0 heterocycles. The molecular formula is C9H16F2N2O4. The molecule has 6 nitrogen and oxygen atoms in total. The minimum Gasteiger partial charge on any atom is -0.481 e. The van der Waals surface area contributed by atoms with Crippen LogP contribution in [0, 0.1) is 0 Å². The van der Waals surface area contributed by atoms with Gasteiger partial charge in [0.15, 0.2) is 0 Å². The van der Waals surface area contributed by atoms with Crippen LogP contribution >= 0.6 is 0 Å². The second kappa shape index (κ2) is 7.77. The SMILES string of the molecule is CN(CCC(=O)O)C(=O)N(CCO)CC(F)F. The second-order valence-corrected chi connectivity index (χ2v) is 3.41. The first-order chi connectivity index (χ1) is 7.88. The predicted octanol–water partition coefficient (Wildman–Crippen LogP) is 0.0723. The second-order valence-electron chi connectivity index (χ2n) is 3.41. The smallest absolute Gasteiger partial charge is 0.320 e. The number of carboxylic acids is 1. The normalized spacial score (nSPS) is 10.4. The summed E-state index contributed by atoms with van der Waals surface area (Å²) in [7, 11) is 1.32. The van der Waals surface area contributed by atoms with E-state index in [1.807, 2.05) is 0 Å². The molecule has 2 amide bonds. The summed E-state index contributed by atoms with van der Waals surface area (Å²) < 4.78 is 24.3. The molecule has 0 aromatic heterocycles. The fourth-order valence-electron chi connectivity index (χ4n) is 1.15. The van der Waals surface area contributed by atoms with E-state index in [2.05, 4.69) is 0 Å². The zero-order chi connectivity index (χ0) is 13.4. The molecule has 0 aromatic rings. The van der Waals surface area contributed by atoms with E-state index in [-0.39, 0.29) is 19.5 Å². The van der Waals surface area contributed by atoms with E-state index < -0.39 is 31.6 Å². The predicted molar refractivity (Wildman–Crippen MR) is 54.9 cm³/mol. The van der Waals surface area contributed by atoms with Gasteiger partial charge in [0.1, 0.15) is 0 Å². The van der Waals surface area contributed by atoms with Crippen LogP contribution in [0.15, 0.2) is 0 Å². The van der Waals surface area contributed by atoms with Crippen LogP contribution in [-0.4, -0.2) is 71.7 Å². The lowest BCUT2D eigenvalue weighted by Crippen LogP contribution is -2.45. The molecule has 8 heteroatoms. The fraction of sp³-hybridized carbons (Fsp3) is 0.778. The van der Waals surface area contributed by atoms with Crippen molar-refractivity contribution in [1.82, 2.24) is 9.80 Å². The summed E-state index contributed by atoms with van der Waals surface area (Å²) in [4.78, 5) is 23.7. The number of halogens is 2. The number of amides is 2. The number of hydrogen-bond donors (Lipinski definition) is 2. The average Bonchev–Trinajstić information content (AvgIpc) is 2.23. The first-order valence-corrected chi connectivity index (χ1v) is 4.99. The van der Waals surface area contributed by atoms with E-state index in [1.165, 1.54) is 7.05 Å². The third-order valence-corrected chi connectivity index (χ3v) is 1.99. The highest BCUT2D eigenvalue weighted by molar-refractivity contribution is 5.75. The number of aliphatic hydroxyl groups excluding tert-OH is 1. The van der Waals surface area contributed by atoms with Gasteiger partial charge >= 0.3 is 12.0 Å². The van der Waals surface area contributed by atoms with E-state index in [0.717, 1.165) is 9.80 Å². The summed E-state index contributed by atoms with van der Waals surface area (Å²) in [5, 5.41) is 17.1. The van der Waals surface area contributed by atoms with Gasteiger partial charge in [-0.25, -0.2) is 13.6 Å². The Morgan fingerprint density at radius 2 is 1.88 bits per heavy atom. The van der Waals surface area contributed by atoms with E-state index in [1.54, 1.807) is 0 Å². The maximum Gasteiger partial charge on any atom is 0.320 e. The highest BCUT2D eigenvalue weighted by Crippen LogP contribution is 2.03. The third-order valence-electron chi connectivity index (χ3n) is 1.99. The van der Waals surface area contributed by atoms with Gasteiger partial charge in [-0.3, -0.25) is 4.79 Å². The summed E-state index contributed by atoms with van der Waals surface area (Å²) in [6.07, 6.45) is -2.96. The largest absolute Gasteiger partial charge is 0.481 e. The number of rotatable bonds is 7. The average molecular weight is 254 g/mol. The Bertz CT molecular complexity index is 263. The molecule has 0 fully saturated rings. The first-order valence-electron chi connectivity index (χ1n) is 4.99. The van der Waals surface area contributed by atoms with Crippen LogP contribution in [0.3, 0.4) is 0 Å². The van der Waals surface area contributed by atoms with Gasteiger partial charge in [0.05, 0.1) is 19.6 Å². The first kappa shape index (κ1) is 15.6. The van der Waals surface area contributed by atoms with Crippen molar-refractivity contribution in [2.24, 2.45) is 0 Å².